The molecule has 0 aromatic heterocycles. The molecule has 0 heterocycles. The number of sulfone groups is 1. The number of nitrogens with one attached hydrogen (secondary N) is 1. The number of hydrogen-bond acceptors (Lipinski definition) is 19. The van der Waals surface area contributed by atoms with Crippen LogP contribution in [0.2, 0.25) is 0 Å². The number of halogens is 19. The SMILES string of the molecule is CC(=N[S@](=O)C(C)(C)C)c1cc(I)cc(F)c1F.CC(=O)c1cc(I)cc(F)c1F.CC(C)(C)[S@](N)=O.CCS(=O)(=O)C[C@](C)(N)c1cc(I)cc(F)c1F.COc1ccc(CN(C)S(=O)(=O)C[C@](C)(N[S@](=O)C(C)(C)C)c2cc(I)cc(F)c2F)cc1.COc1ccc(CN(C)S(C)(=O)=O)cc1.C[CH-]C.O=C(O)c1cc(I)cc(F)c1F.O=C(O)c1cccc(F)c1F.[Br-].[Mg+2].[Na+].[O-][I+3]([O-])([O-])[O-]. The molecule has 0 spiro atoms. The number of rotatable bonds is 22. The minimum atomic E-state index is -5.94. The van der Waals surface area contributed by atoms with E-state index < -0.39 is 214 Å². The Bertz CT molecular complexity index is 5710. The molecule has 5 atom stereocenters. The number of ether oxygens (including phenoxy) is 2. The molecular formula is C84H102BrF12I6MgN6NaO20S6. The number of hydrogen-bond donors (Lipinski definition) is 5. The molecule has 0 fully saturated rings. The predicted octanol–water partition coefficient (Wildman–Crippen LogP) is 5.63. The number of nitrogens with two attached hydrogens (primary N) is 2. The summed E-state index contributed by atoms with van der Waals surface area (Å²) in [5.74, 6) is -16.4. The summed E-state index contributed by atoms with van der Waals surface area (Å²) in [5, 5.41) is 21.7. The fourth-order valence-electron chi connectivity index (χ4n) is 9.07. The maximum absolute atomic E-state index is 14.9. The second kappa shape index (κ2) is 64.5. The minimum Gasteiger partial charge on any atom is -1.00 e. The summed E-state index contributed by atoms with van der Waals surface area (Å²) in [4.78, 5) is 31.2. The van der Waals surface area contributed by atoms with Gasteiger partial charge in [-0.2, -0.15) is 18.2 Å². The number of nitrogens with zero attached hydrogens (tertiary/aromatic N) is 3. The number of carbonyl (C=O) groups excluding carboxylic acids is 1. The molecule has 0 radical (unpaired) electrons. The van der Waals surface area contributed by atoms with Crippen molar-refractivity contribution in [3.8, 4) is 11.5 Å². The summed E-state index contributed by atoms with van der Waals surface area (Å²) in [6.45, 7) is 27.4. The van der Waals surface area contributed by atoms with Gasteiger partial charge in [-0.3, -0.25) is 23.7 Å². The maximum atomic E-state index is 14.9. The molecule has 0 aliphatic carbocycles. The van der Waals surface area contributed by atoms with Crippen LogP contribution < -0.4 is 105 Å². The molecule has 0 saturated heterocycles. The second-order valence-corrected chi connectivity index (χ2v) is 51.6. The Morgan fingerprint density at radius 1 is 0.511 bits per heavy atom. The number of Topliss-reactive ketones (excluding diaryl/α,β-unsaturated/α-hetero) is 1. The Balaban J connectivity index is -0.000000494. The van der Waals surface area contributed by atoms with Crippen LogP contribution in [0, 0.1) is 94.1 Å². The van der Waals surface area contributed by atoms with Gasteiger partial charge in [-0.25, -0.2) is 113 Å². The molecule has 0 amide bonds. The van der Waals surface area contributed by atoms with Gasteiger partial charge in [0.2, 0.25) is 20.0 Å². The summed E-state index contributed by atoms with van der Waals surface area (Å²) in [6.07, 6.45) is 3.19. The second-order valence-electron chi connectivity index (χ2n) is 31.1. The maximum Gasteiger partial charge on any atom is 2.00 e. The molecule has 760 valence electrons. The Kier molecular flexibility index (Phi) is 67.2. The molecule has 0 saturated carbocycles. The molecule has 7 N–H and O–H groups in total. The summed E-state index contributed by atoms with van der Waals surface area (Å²) >= 11 is 3.14. The van der Waals surface area contributed by atoms with Crippen molar-refractivity contribution in [3.05, 3.63) is 266 Å². The van der Waals surface area contributed by atoms with E-state index in [9.17, 15) is 105 Å². The normalized spacial score (nSPS) is 12.9. The number of aromatic carboxylic acids is 2. The summed E-state index contributed by atoms with van der Waals surface area (Å²) in [7, 11) is -8.84. The van der Waals surface area contributed by atoms with E-state index in [-0.39, 0.29) is 115 Å². The monoisotopic (exact) mass is 2820 g/mol. The number of sulfonamides is 2. The van der Waals surface area contributed by atoms with Crippen molar-refractivity contribution in [3.63, 3.8) is 0 Å². The first-order valence-corrected chi connectivity index (χ1v) is 55.4. The summed E-state index contributed by atoms with van der Waals surface area (Å²) < 4.78 is 320. The van der Waals surface area contributed by atoms with Gasteiger partial charge in [0.15, 0.2) is 85.4 Å². The smallest absolute Gasteiger partial charge is 1.00 e. The Hall–Kier alpha value is -2.63. The van der Waals surface area contributed by atoms with Crippen molar-refractivity contribution in [1.82, 2.24) is 13.3 Å². The van der Waals surface area contributed by atoms with E-state index in [1.54, 1.807) is 103 Å². The molecule has 8 aromatic carbocycles. The van der Waals surface area contributed by atoms with Gasteiger partial charge in [-0.1, -0.05) is 37.3 Å². The van der Waals surface area contributed by atoms with Crippen molar-refractivity contribution < 1.29 is 205 Å². The largest absolute Gasteiger partial charge is 2.00 e. The Morgan fingerprint density at radius 2 is 0.825 bits per heavy atom. The fraction of sp³-hybridized carbons (Fsp3) is 0.369. The molecule has 0 aliphatic heterocycles. The Morgan fingerprint density at radius 3 is 1.15 bits per heavy atom. The quantitative estimate of drug-likeness (QED) is 0.0104. The average molecular weight is 2820 g/mol. The fourth-order valence-corrected chi connectivity index (χ4v) is 16.8. The van der Waals surface area contributed by atoms with E-state index in [4.69, 9.17) is 44.3 Å². The van der Waals surface area contributed by atoms with Crippen LogP contribution in [0.3, 0.4) is 0 Å². The van der Waals surface area contributed by atoms with Gasteiger partial charge in [0, 0.05) is 67.5 Å². The molecule has 137 heavy (non-hydrogen) atoms. The zero-order valence-electron chi connectivity index (χ0n) is 77.8. The third-order valence-corrected chi connectivity index (χ3v) is 28.9. The third-order valence-electron chi connectivity index (χ3n) is 16.2. The van der Waals surface area contributed by atoms with Gasteiger partial charge in [0.25, 0.3) is 0 Å². The van der Waals surface area contributed by atoms with E-state index in [0.717, 1.165) is 75.8 Å². The van der Waals surface area contributed by atoms with E-state index in [1.807, 2.05) is 156 Å². The first-order valence-electron chi connectivity index (χ1n) is 37.7. The van der Waals surface area contributed by atoms with Gasteiger partial charge in [0.05, 0.1) is 102 Å². The molecule has 0 bridgehead atoms. The topological polar surface area (TPSA) is 439 Å². The van der Waals surface area contributed by atoms with Crippen molar-refractivity contribution in [2.75, 3.05) is 51.8 Å². The molecule has 26 nitrogen and oxygen atoms in total. The van der Waals surface area contributed by atoms with Crippen LogP contribution in [0.15, 0.2) is 132 Å². The van der Waals surface area contributed by atoms with Crippen molar-refractivity contribution in [1.29, 1.82) is 0 Å². The minimum absolute atomic E-state index is 0. The van der Waals surface area contributed by atoms with Gasteiger partial charge >= 0.3 is 64.5 Å². The van der Waals surface area contributed by atoms with Gasteiger partial charge in [-0.05, 0) is 311 Å². The number of ketones is 1. The predicted molar refractivity (Wildman–Crippen MR) is 531 cm³/mol. The van der Waals surface area contributed by atoms with E-state index in [0.29, 0.717) is 30.1 Å². The molecule has 0 unspecified atom stereocenters. The number of carboxylic acids is 2. The summed E-state index contributed by atoms with van der Waals surface area (Å²) in [6, 6.07) is 29.0. The molecule has 8 rings (SSSR count). The number of carboxylic acid groups (broad SMARTS) is 2. The van der Waals surface area contributed by atoms with Gasteiger partial charge in [-0.15, -0.1) is 0 Å². The van der Waals surface area contributed by atoms with Crippen molar-refractivity contribution >= 4 is 222 Å². The average Bonchev–Trinajstić information content (AvgIpc) is 0.766. The van der Waals surface area contributed by atoms with E-state index in [1.165, 1.54) is 83.6 Å². The van der Waals surface area contributed by atoms with Crippen LogP contribution >= 0.6 is 113 Å². The summed E-state index contributed by atoms with van der Waals surface area (Å²) in [5.41, 5.74) is 2.86. The van der Waals surface area contributed by atoms with Crippen molar-refractivity contribution in [2.24, 2.45) is 15.3 Å². The first-order chi connectivity index (χ1) is 60.8. The van der Waals surface area contributed by atoms with E-state index >= 15 is 0 Å². The van der Waals surface area contributed by atoms with Crippen molar-refractivity contribution in [2.45, 2.75) is 149 Å². The van der Waals surface area contributed by atoms with Crippen LogP contribution in [0.1, 0.15) is 170 Å². The third kappa shape index (κ3) is 54.6. The zero-order chi connectivity index (χ0) is 105. The number of benzene rings is 8. The molecular weight excluding hydrogens is 2720 g/mol. The Labute approximate surface area is 922 Å². The molecule has 8 aromatic rings. The number of methoxy groups -OCH3 is 2. The van der Waals surface area contributed by atoms with Crippen LogP contribution in [-0.2, 0) is 87.0 Å². The molecule has 53 heteroatoms. The first kappa shape index (κ1) is 143. The van der Waals surface area contributed by atoms with Crippen LogP contribution in [-0.4, -0.2) is 169 Å². The molecule has 0 aliphatic rings. The zero-order valence-corrected chi connectivity index (χ0v) is 101. The van der Waals surface area contributed by atoms with Crippen LogP contribution in [0.5, 0.6) is 11.5 Å². The number of carbonyl (C=O) groups is 3. The van der Waals surface area contributed by atoms with Crippen LogP contribution in [0.25, 0.3) is 0 Å². The van der Waals surface area contributed by atoms with Gasteiger partial charge < -0.3 is 48.8 Å². The van der Waals surface area contributed by atoms with Gasteiger partial charge in [0.1, 0.15) is 42.6 Å². The standard InChI is InChI=1S/C22H29F2IN2O4S2.C12H14F2INOS.C11H14F2INO2S.C10H15NO3S.C8H5F2IO.C7H3F2IO2.C7H4F2O2.C4H11NOS.C3H7.BrH.IO4.Mg.Na/c1-21(2,3)32(28)26-22(4,18-11-16(25)12-19(23)20(18)24)14-33(29,30)27(5)13-15-7-9-17(31-6)10-8-15;1-7(16-18(17)12(2,3)4)9-5-8(15)6-10(13)11(9)14;1-3-18(16,17)6-11(2,15)8-4-7(14)5-9(12)10(8)13;1-11(15(3,12)13)8-9-4-6-10(14-2)7-5-9;1-4(12)6-2-5(11)3-7(9)8(6)10;8-5-2-3(10)1-4(6(5)9)7(11)12;8-5-3-1-2-4(6(5)9)7(10)11;1-4(2,3)7(5)6;1-3-2;;2-1(3,4)5;;/h7-12,26H,13-14H2,1-6H3;5-6H,1-4H3;4-5H,3,6,15H2,1-2H3;4-7H,8H2,1-3H3;2-3H,1H3;1-2H,(H,11,12);1-3H,(H,10,11);5H2,1-3H3;3H,1-2H3;1H;;;/q;;;;;;;;-1;;-1;+2;+1/p-1/t22-,32+;18-;11-;;;;;7-;;;;;/m010....1...../s1. The van der Waals surface area contributed by atoms with E-state index in [2.05, 4.69) is 9.12 Å². The van der Waals surface area contributed by atoms with Crippen LogP contribution in [0.4, 0.5) is 52.7 Å².